The average Bonchev–Trinajstić information content (AvgIpc) is 2.59. The normalized spacial score (nSPS) is 11.3. The number of hydrogen-bond donors (Lipinski definition) is 2. The fraction of sp³-hybridized carbons (Fsp3) is 0.333. The molecule has 0 atom stereocenters. The minimum Gasteiger partial charge on any atom is -0.480 e. The average molecular weight is 285 g/mol. The van der Waals surface area contributed by atoms with Crippen LogP contribution in [0.4, 0.5) is 13.2 Å². The molecule has 0 fully saturated rings. The van der Waals surface area contributed by atoms with Crippen LogP contribution in [0.15, 0.2) is 12.3 Å². The topological polar surface area (TPSA) is 73.4 Å². The number of aliphatic carboxylic acids is 1. The third-order valence-corrected chi connectivity index (χ3v) is 2.08. The van der Waals surface area contributed by atoms with Crippen molar-refractivity contribution in [3.63, 3.8) is 0 Å². The largest absolute Gasteiger partial charge is 0.480 e. The van der Waals surface area contributed by atoms with E-state index in [-0.39, 0.29) is 15.6 Å². The third-order valence-electron chi connectivity index (χ3n) is 1.86. The molecule has 9 heteroatoms. The van der Waals surface area contributed by atoms with Crippen LogP contribution in [0.25, 0.3) is 0 Å². The van der Waals surface area contributed by atoms with Crippen LogP contribution >= 0.6 is 11.6 Å². The van der Waals surface area contributed by atoms with Gasteiger partial charge in [0.05, 0.1) is 5.02 Å². The van der Waals surface area contributed by atoms with Crippen molar-refractivity contribution in [2.45, 2.75) is 6.18 Å². The molecule has 1 aromatic rings. The summed E-state index contributed by atoms with van der Waals surface area (Å²) in [6.45, 7) is -2.69. The van der Waals surface area contributed by atoms with E-state index in [4.69, 9.17) is 16.7 Å². The standard InChI is InChI=1S/C9H8ClF3N2O3/c10-5-1-6(14-2-5)8(18)15(3-7(16)17)4-9(11,12)13/h1-2,14H,3-4H2,(H,16,17). The van der Waals surface area contributed by atoms with Crippen LogP contribution in [0.1, 0.15) is 10.5 Å². The monoisotopic (exact) mass is 284 g/mol. The van der Waals surface area contributed by atoms with Gasteiger partial charge in [0.2, 0.25) is 0 Å². The van der Waals surface area contributed by atoms with Crippen molar-refractivity contribution in [3.8, 4) is 0 Å². The molecule has 0 aliphatic heterocycles. The quantitative estimate of drug-likeness (QED) is 0.885. The number of nitrogens with one attached hydrogen (secondary N) is 1. The van der Waals surface area contributed by atoms with E-state index in [0.717, 1.165) is 6.07 Å². The van der Waals surface area contributed by atoms with E-state index in [1.165, 1.54) is 6.20 Å². The summed E-state index contributed by atoms with van der Waals surface area (Å²) in [5.74, 6) is -2.62. The highest BCUT2D eigenvalue weighted by Crippen LogP contribution is 2.18. The van der Waals surface area contributed by atoms with Gasteiger partial charge in [0.1, 0.15) is 18.8 Å². The minimum atomic E-state index is -4.68. The number of amides is 1. The van der Waals surface area contributed by atoms with Crippen LogP contribution < -0.4 is 0 Å². The zero-order chi connectivity index (χ0) is 13.9. The number of halogens is 4. The summed E-state index contributed by atoms with van der Waals surface area (Å²) in [7, 11) is 0. The van der Waals surface area contributed by atoms with Crippen LogP contribution in [0.3, 0.4) is 0 Å². The van der Waals surface area contributed by atoms with Crippen molar-refractivity contribution in [1.29, 1.82) is 0 Å². The smallest absolute Gasteiger partial charge is 0.406 e. The van der Waals surface area contributed by atoms with E-state index in [2.05, 4.69) is 4.98 Å². The highest BCUT2D eigenvalue weighted by molar-refractivity contribution is 6.30. The SMILES string of the molecule is O=C(O)CN(CC(F)(F)F)C(=O)c1cc(Cl)c[nH]1. The number of carbonyl (C=O) groups excluding carboxylic acids is 1. The van der Waals surface area contributed by atoms with Gasteiger partial charge in [-0.1, -0.05) is 11.6 Å². The van der Waals surface area contributed by atoms with Gasteiger partial charge in [0.25, 0.3) is 5.91 Å². The van der Waals surface area contributed by atoms with E-state index < -0.39 is 31.1 Å². The molecule has 1 aromatic heterocycles. The molecule has 0 aromatic carbocycles. The summed E-state index contributed by atoms with van der Waals surface area (Å²) in [6.07, 6.45) is -3.47. The van der Waals surface area contributed by atoms with Gasteiger partial charge in [-0.2, -0.15) is 13.2 Å². The summed E-state index contributed by atoms with van der Waals surface area (Å²) in [6, 6.07) is 1.12. The molecule has 5 nitrogen and oxygen atoms in total. The Morgan fingerprint density at radius 2 is 2.06 bits per heavy atom. The zero-order valence-corrected chi connectivity index (χ0v) is 9.55. The molecule has 0 radical (unpaired) electrons. The van der Waals surface area contributed by atoms with Gasteiger partial charge >= 0.3 is 12.1 Å². The number of aromatic amines is 1. The molecule has 1 heterocycles. The molecule has 0 aliphatic rings. The van der Waals surface area contributed by atoms with Gasteiger partial charge in [0, 0.05) is 6.20 Å². The molecule has 0 unspecified atom stereocenters. The van der Waals surface area contributed by atoms with Gasteiger partial charge in [-0.05, 0) is 6.07 Å². The summed E-state index contributed by atoms with van der Waals surface area (Å²) >= 11 is 5.51. The highest BCUT2D eigenvalue weighted by atomic mass is 35.5. The maximum absolute atomic E-state index is 12.2. The molecule has 0 spiro atoms. The lowest BCUT2D eigenvalue weighted by Gasteiger charge is -2.21. The number of rotatable bonds is 4. The molecule has 0 aliphatic carbocycles. The lowest BCUT2D eigenvalue weighted by Crippen LogP contribution is -2.42. The van der Waals surface area contributed by atoms with E-state index in [0.29, 0.717) is 0 Å². The maximum atomic E-state index is 12.2. The molecule has 0 bridgehead atoms. The number of carboxylic acids is 1. The van der Waals surface area contributed by atoms with Crippen LogP contribution in [0.2, 0.25) is 5.02 Å². The number of alkyl halides is 3. The number of hydrogen-bond acceptors (Lipinski definition) is 2. The fourth-order valence-corrected chi connectivity index (χ4v) is 1.40. The van der Waals surface area contributed by atoms with Crippen molar-refractivity contribution in [2.75, 3.05) is 13.1 Å². The maximum Gasteiger partial charge on any atom is 0.406 e. The molecule has 100 valence electrons. The minimum absolute atomic E-state index is 0.139. The first-order valence-electron chi connectivity index (χ1n) is 4.61. The molecule has 0 saturated carbocycles. The highest BCUT2D eigenvalue weighted by Gasteiger charge is 2.34. The summed E-state index contributed by atoms with van der Waals surface area (Å²) in [4.78, 5) is 24.6. The fourth-order valence-electron chi connectivity index (χ4n) is 1.24. The number of carbonyl (C=O) groups is 2. The lowest BCUT2D eigenvalue weighted by molar-refractivity contribution is -0.149. The summed E-state index contributed by atoms with van der Waals surface area (Å²) in [5.41, 5.74) is -0.203. The zero-order valence-electron chi connectivity index (χ0n) is 8.79. The number of nitrogens with zero attached hydrogens (tertiary/aromatic N) is 1. The summed E-state index contributed by atoms with van der Waals surface area (Å²) in [5, 5.41) is 8.62. The Morgan fingerprint density at radius 3 is 2.44 bits per heavy atom. The van der Waals surface area contributed by atoms with Crippen molar-refractivity contribution >= 4 is 23.5 Å². The Kier molecular flexibility index (Phi) is 4.23. The van der Waals surface area contributed by atoms with E-state index in [1.54, 1.807) is 0 Å². The predicted molar refractivity (Wildman–Crippen MR) is 55.4 cm³/mol. The second-order valence-electron chi connectivity index (χ2n) is 3.40. The van der Waals surface area contributed by atoms with E-state index in [9.17, 15) is 22.8 Å². The third kappa shape index (κ3) is 4.28. The molecule has 18 heavy (non-hydrogen) atoms. The Balaban J connectivity index is 2.88. The molecule has 1 rings (SSSR count). The second-order valence-corrected chi connectivity index (χ2v) is 3.84. The van der Waals surface area contributed by atoms with E-state index in [1.807, 2.05) is 0 Å². The Labute approximate surface area is 104 Å². The van der Waals surface area contributed by atoms with Crippen LogP contribution in [0, 0.1) is 0 Å². The first-order chi connectivity index (χ1) is 8.19. The second kappa shape index (κ2) is 5.30. The van der Waals surface area contributed by atoms with Gasteiger partial charge < -0.3 is 15.0 Å². The number of H-pyrrole nitrogens is 1. The molecular formula is C9H8ClF3N2O3. The predicted octanol–water partition coefficient (Wildman–Crippen LogP) is 1.76. The summed E-state index contributed by atoms with van der Waals surface area (Å²) < 4.78 is 36.6. The molecule has 1 amide bonds. The van der Waals surface area contributed by atoms with E-state index >= 15 is 0 Å². The van der Waals surface area contributed by atoms with Gasteiger partial charge in [-0.15, -0.1) is 0 Å². The Morgan fingerprint density at radius 1 is 1.44 bits per heavy atom. The van der Waals surface area contributed by atoms with Crippen molar-refractivity contribution in [1.82, 2.24) is 9.88 Å². The van der Waals surface area contributed by atoms with Crippen LogP contribution in [-0.4, -0.2) is 46.1 Å². The van der Waals surface area contributed by atoms with Crippen LogP contribution in [-0.2, 0) is 4.79 Å². The first kappa shape index (κ1) is 14.4. The lowest BCUT2D eigenvalue weighted by atomic mass is 10.3. The van der Waals surface area contributed by atoms with Gasteiger partial charge in [0.15, 0.2) is 0 Å². The van der Waals surface area contributed by atoms with Crippen molar-refractivity contribution in [2.24, 2.45) is 0 Å². The molecular weight excluding hydrogens is 277 g/mol. The number of carboxylic acid groups (broad SMARTS) is 1. The van der Waals surface area contributed by atoms with Gasteiger partial charge in [-0.25, -0.2) is 0 Å². The molecule has 2 N–H and O–H groups in total. The Bertz CT molecular complexity index is 458. The number of aromatic nitrogens is 1. The van der Waals surface area contributed by atoms with Crippen LogP contribution in [0.5, 0.6) is 0 Å². The van der Waals surface area contributed by atoms with Gasteiger partial charge in [-0.3, -0.25) is 9.59 Å². The van der Waals surface area contributed by atoms with Crippen molar-refractivity contribution < 1.29 is 27.9 Å². The Hall–Kier alpha value is -1.70. The molecule has 0 saturated heterocycles. The van der Waals surface area contributed by atoms with Crippen molar-refractivity contribution in [3.05, 3.63) is 23.0 Å². The first-order valence-corrected chi connectivity index (χ1v) is 4.98.